The zero-order chi connectivity index (χ0) is 11.3. The molecule has 0 aromatic heterocycles. The van der Waals surface area contributed by atoms with E-state index >= 15 is 0 Å². The van der Waals surface area contributed by atoms with Gasteiger partial charge in [-0.2, -0.15) is 0 Å². The Hall–Kier alpha value is -1.26. The van der Waals surface area contributed by atoms with E-state index < -0.39 is 6.04 Å². The summed E-state index contributed by atoms with van der Waals surface area (Å²) in [6.07, 6.45) is 0. The van der Waals surface area contributed by atoms with Gasteiger partial charge in [-0.05, 0) is 13.0 Å². The molecule has 1 rings (SSSR count). The van der Waals surface area contributed by atoms with Gasteiger partial charge in [0, 0.05) is 5.56 Å². The highest BCUT2D eigenvalue weighted by molar-refractivity contribution is 5.48. The molecule has 0 bridgehead atoms. The van der Waals surface area contributed by atoms with Gasteiger partial charge in [0.2, 0.25) is 0 Å². The number of nitrogens with two attached hydrogens (primary N) is 1. The van der Waals surface area contributed by atoms with Crippen LogP contribution >= 0.6 is 0 Å². The first-order chi connectivity index (χ1) is 7.24. The van der Waals surface area contributed by atoms with E-state index in [1.54, 1.807) is 13.2 Å². The van der Waals surface area contributed by atoms with E-state index in [2.05, 4.69) is 0 Å². The summed E-state index contributed by atoms with van der Waals surface area (Å²) in [7, 11) is 1.58. The molecular formula is C11H17NO3. The number of para-hydroxylation sites is 1. The molecule has 0 saturated carbocycles. The first-order valence-corrected chi connectivity index (χ1v) is 4.90. The molecule has 3 N–H and O–H groups in total. The lowest BCUT2D eigenvalue weighted by atomic mass is 10.1. The van der Waals surface area contributed by atoms with Gasteiger partial charge in [0.15, 0.2) is 11.5 Å². The van der Waals surface area contributed by atoms with Crippen molar-refractivity contribution in [2.45, 2.75) is 13.0 Å². The summed E-state index contributed by atoms with van der Waals surface area (Å²) >= 11 is 0. The highest BCUT2D eigenvalue weighted by atomic mass is 16.5. The van der Waals surface area contributed by atoms with E-state index in [1.807, 2.05) is 19.1 Å². The maximum absolute atomic E-state index is 9.02. The summed E-state index contributed by atoms with van der Waals surface area (Å²) in [6.45, 7) is 2.31. The molecule has 0 radical (unpaired) electrons. The number of benzene rings is 1. The third-order valence-corrected chi connectivity index (χ3v) is 2.11. The molecule has 84 valence electrons. The zero-order valence-corrected chi connectivity index (χ0v) is 9.06. The fraction of sp³-hybridized carbons (Fsp3) is 0.455. The van der Waals surface area contributed by atoms with Crippen LogP contribution in [0.1, 0.15) is 18.5 Å². The molecule has 0 unspecified atom stereocenters. The van der Waals surface area contributed by atoms with Gasteiger partial charge in [-0.25, -0.2) is 0 Å². The van der Waals surface area contributed by atoms with Crippen molar-refractivity contribution in [3.05, 3.63) is 23.8 Å². The lowest BCUT2D eigenvalue weighted by Gasteiger charge is -2.17. The molecule has 1 aromatic carbocycles. The van der Waals surface area contributed by atoms with Crippen molar-refractivity contribution in [3.63, 3.8) is 0 Å². The number of aliphatic hydroxyl groups excluding tert-OH is 1. The van der Waals surface area contributed by atoms with Gasteiger partial charge in [-0.15, -0.1) is 0 Å². The minimum atomic E-state index is -0.443. The highest BCUT2D eigenvalue weighted by Gasteiger charge is 2.15. The molecule has 1 atom stereocenters. The minimum absolute atomic E-state index is 0.118. The maximum Gasteiger partial charge on any atom is 0.165 e. The second-order valence-corrected chi connectivity index (χ2v) is 3.10. The van der Waals surface area contributed by atoms with Crippen molar-refractivity contribution < 1.29 is 14.6 Å². The van der Waals surface area contributed by atoms with Gasteiger partial charge in [0.05, 0.1) is 26.4 Å². The van der Waals surface area contributed by atoms with Gasteiger partial charge in [0.25, 0.3) is 0 Å². The SMILES string of the molecule is CCOc1c(OC)cccc1[C@H](N)CO. The van der Waals surface area contributed by atoms with Crippen LogP contribution in [0, 0.1) is 0 Å². The molecule has 1 aromatic rings. The van der Waals surface area contributed by atoms with Crippen molar-refractivity contribution in [1.29, 1.82) is 0 Å². The molecule has 0 aliphatic heterocycles. The van der Waals surface area contributed by atoms with Gasteiger partial charge in [0.1, 0.15) is 0 Å². The number of rotatable bonds is 5. The molecule has 0 saturated heterocycles. The maximum atomic E-state index is 9.02. The smallest absolute Gasteiger partial charge is 0.165 e. The Labute approximate surface area is 89.6 Å². The first kappa shape index (κ1) is 11.8. The second-order valence-electron chi connectivity index (χ2n) is 3.10. The van der Waals surface area contributed by atoms with Crippen molar-refractivity contribution >= 4 is 0 Å². The van der Waals surface area contributed by atoms with Crippen LogP contribution in [-0.2, 0) is 0 Å². The predicted molar refractivity (Wildman–Crippen MR) is 58.2 cm³/mol. The zero-order valence-electron chi connectivity index (χ0n) is 9.06. The summed E-state index contributed by atoms with van der Waals surface area (Å²) in [6, 6.07) is 5.01. The molecule has 0 amide bonds. The van der Waals surface area contributed by atoms with Gasteiger partial charge in [-0.1, -0.05) is 12.1 Å². The van der Waals surface area contributed by atoms with Crippen molar-refractivity contribution in [2.75, 3.05) is 20.3 Å². The molecular weight excluding hydrogens is 194 g/mol. The molecule has 0 fully saturated rings. The van der Waals surface area contributed by atoms with Gasteiger partial charge >= 0.3 is 0 Å². The molecule has 0 aliphatic carbocycles. The quantitative estimate of drug-likeness (QED) is 0.765. The Kier molecular flexibility index (Phi) is 4.39. The van der Waals surface area contributed by atoms with Crippen LogP contribution in [0.5, 0.6) is 11.5 Å². The Morgan fingerprint density at radius 3 is 2.73 bits per heavy atom. The molecule has 4 nitrogen and oxygen atoms in total. The lowest BCUT2D eigenvalue weighted by molar-refractivity contribution is 0.258. The lowest BCUT2D eigenvalue weighted by Crippen LogP contribution is -2.16. The number of hydrogen-bond acceptors (Lipinski definition) is 4. The molecule has 0 aliphatic rings. The Bertz CT molecular complexity index is 315. The fourth-order valence-electron chi connectivity index (χ4n) is 1.38. The Balaban J connectivity index is 3.12. The Morgan fingerprint density at radius 1 is 1.47 bits per heavy atom. The minimum Gasteiger partial charge on any atom is -0.493 e. The summed E-state index contributed by atoms with van der Waals surface area (Å²) in [5, 5.41) is 9.02. The summed E-state index contributed by atoms with van der Waals surface area (Å²) in [5.74, 6) is 1.25. The van der Waals surface area contributed by atoms with E-state index in [1.165, 1.54) is 0 Å². The summed E-state index contributed by atoms with van der Waals surface area (Å²) in [5.41, 5.74) is 6.53. The second kappa shape index (κ2) is 5.58. The van der Waals surface area contributed by atoms with Crippen molar-refractivity contribution in [3.8, 4) is 11.5 Å². The van der Waals surface area contributed by atoms with E-state index in [0.717, 1.165) is 5.56 Å². The number of aliphatic hydroxyl groups is 1. The normalized spacial score (nSPS) is 12.3. The van der Waals surface area contributed by atoms with E-state index in [9.17, 15) is 0 Å². The number of methoxy groups -OCH3 is 1. The number of hydrogen-bond donors (Lipinski definition) is 2. The van der Waals surface area contributed by atoms with E-state index in [0.29, 0.717) is 18.1 Å². The van der Waals surface area contributed by atoms with Crippen molar-refractivity contribution in [2.24, 2.45) is 5.73 Å². The van der Waals surface area contributed by atoms with Crippen LogP contribution in [-0.4, -0.2) is 25.4 Å². The van der Waals surface area contributed by atoms with E-state index in [-0.39, 0.29) is 6.61 Å². The molecule has 0 heterocycles. The topological polar surface area (TPSA) is 64.7 Å². The first-order valence-electron chi connectivity index (χ1n) is 4.90. The Morgan fingerprint density at radius 2 is 2.20 bits per heavy atom. The molecule has 15 heavy (non-hydrogen) atoms. The average molecular weight is 211 g/mol. The molecule has 4 heteroatoms. The standard InChI is InChI=1S/C11H17NO3/c1-3-15-11-8(9(12)7-13)5-4-6-10(11)14-2/h4-6,9,13H,3,7,12H2,1-2H3/t9-/m1/s1. The summed E-state index contributed by atoms with van der Waals surface area (Å²) in [4.78, 5) is 0. The largest absolute Gasteiger partial charge is 0.493 e. The van der Waals surface area contributed by atoms with Crippen LogP contribution in [0.3, 0.4) is 0 Å². The van der Waals surface area contributed by atoms with E-state index in [4.69, 9.17) is 20.3 Å². The third kappa shape index (κ3) is 2.61. The van der Waals surface area contributed by atoms with Crippen LogP contribution < -0.4 is 15.2 Å². The van der Waals surface area contributed by atoms with Crippen LogP contribution in [0.15, 0.2) is 18.2 Å². The van der Waals surface area contributed by atoms with Crippen LogP contribution in [0.4, 0.5) is 0 Å². The van der Waals surface area contributed by atoms with Gasteiger partial charge < -0.3 is 20.3 Å². The van der Waals surface area contributed by atoms with Crippen LogP contribution in [0.2, 0.25) is 0 Å². The summed E-state index contributed by atoms with van der Waals surface area (Å²) < 4.78 is 10.6. The highest BCUT2D eigenvalue weighted by Crippen LogP contribution is 2.33. The van der Waals surface area contributed by atoms with Crippen LogP contribution in [0.25, 0.3) is 0 Å². The molecule has 0 spiro atoms. The predicted octanol–water partition coefficient (Wildman–Crippen LogP) is 1.09. The number of ether oxygens (including phenoxy) is 2. The average Bonchev–Trinajstić information content (AvgIpc) is 2.28. The van der Waals surface area contributed by atoms with Gasteiger partial charge in [-0.3, -0.25) is 0 Å². The third-order valence-electron chi connectivity index (χ3n) is 2.11. The fourth-order valence-corrected chi connectivity index (χ4v) is 1.38. The van der Waals surface area contributed by atoms with Crippen molar-refractivity contribution in [1.82, 2.24) is 0 Å². The monoisotopic (exact) mass is 211 g/mol.